The Morgan fingerprint density at radius 1 is 0.145 bits per heavy atom. The fourth-order valence-electron chi connectivity index (χ4n) is 19.2. The average molecular weight is 1400 g/mol. The molecule has 0 heterocycles. The molecule has 0 fully saturated rings. The molecule has 0 aliphatic heterocycles. The van der Waals surface area contributed by atoms with E-state index in [4.69, 9.17) is 0 Å². The second-order valence-electron chi connectivity index (χ2n) is 31.3. The van der Waals surface area contributed by atoms with Crippen LogP contribution >= 0.6 is 0 Å². The van der Waals surface area contributed by atoms with Crippen LogP contribution < -0.4 is 0 Å². The largest absolute Gasteiger partial charge is 0.0616 e. The van der Waals surface area contributed by atoms with Crippen LogP contribution in [-0.4, -0.2) is 0 Å². The minimum atomic E-state index is -0.135. The molecule has 0 atom stereocenters. The third kappa shape index (κ3) is 10.5. The average Bonchev–Trinajstić information content (AvgIpc) is 1.45. The first-order valence-electron chi connectivity index (χ1n) is 38.7. The van der Waals surface area contributed by atoms with Crippen LogP contribution in [0.2, 0.25) is 0 Å². The van der Waals surface area contributed by atoms with Crippen LogP contribution in [0.3, 0.4) is 0 Å². The third-order valence-electron chi connectivity index (χ3n) is 24.4. The summed E-state index contributed by atoms with van der Waals surface area (Å²) in [6.07, 6.45) is 0. The van der Waals surface area contributed by atoms with Crippen LogP contribution in [0.1, 0.15) is 49.9 Å². The first-order valence-corrected chi connectivity index (χ1v) is 38.7. The predicted octanol–water partition coefficient (Wildman–Crippen LogP) is 30.5. The van der Waals surface area contributed by atoms with Crippen LogP contribution in [0.25, 0.3) is 197 Å². The van der Waals surface area contributed by atoms with Gasteiger partial charge in [-0.15, -0.1) is 0 Å². The van der Waals surface area contributed by atoms with Crippen molar-refractivity contribution in [3.63, 3.8) is 0 Å². The Morgan fingerprint density at radius 2 is 0.391 bits per heavy atom. The molecular weight excluding hydrogens is 1320 g/mol. The molecule has 0 saturated carbocycles. The first-order chi connectivity index (χ1) is 54.1. The maximum atomic E-state index is 2.43. The lowest BCUT2D eigenvalue weighted by molar-refractivity contribution is 0.663. The lowest BCUT2D eigenvalue weighted by Crippen LogP contribution is -2.16. The monoisotopic (exact) mass is 1400 g/mol. The molecule has 0 bridgehead atoms. The molecule has 0 unspecified atom stereocenters. The number of hydrogen-bond acceptors (Lipinski definition) is 0. The summed E-state index contributed by atoms with van der Waals surface area (Å²) in [5.41, 5.74) is 30.9. The van der Waals surface area contributed by atoms with Crippen molar-refractivity contribution < 1.29 is 0 Å². The van der Waals surface area contributed by atoms with E-state index in [1.54, 1.807) is 0 Å². The Balaban J connectivity index is 0.000000140. The van der Waals surface area contributed by atoms with Crippen molar-refractivity contribution in [1.82, 2.24) is 0 Å². The quantitative estimate of drug-likeness (QED) is 0.133. The summed E-state index contributed by atoms with van der Waals surface area (Å²) in [4.78, 5) is 0. The minimum absolute atomic E-state index is 0.133. The number of rotatable bonds is 8. The Bertz CT molecular complexity index is 7080. The zero-order valence-corrected chi connectivity index (χ0v) is 62.0. The Hall–Kier alpha value is -13.5. The lowest BCUT2D eigenvalue weighted by atomic mass is 9.78. The summed E-state index contributed by atoms with van der Waals surface area (Å²) in [5, 5.41) is 20.4. The highest BCUT2D eigenvalue weighted by Gasteiger charge is 2.40. The molecule has 0 heteroatoms. The van der Waals surface area contributed by atoms with E-state index in [1.165, 1.54) is 220 Å². The molecule has 0 N–H and O–H groups in total. The summed E-state index contributed by atoms with van der Waals surface area (Å²) < 4.78 is 0. The van der Waals surface area contributed by atoms with Gasteiger partial charge in [-0.25, -0.2) is 0 Å². The number of hydrogen-bond donors (Lipinski definition) is 0. The summed E-state index contributed by atoms with van der Waals surface area (Å²) >= 11 is 0. The van der Waals surface area contributed by atoms with Gasteiger partial charge >= 0.3 is 0 Å². The molecular formula is C110H76. The second kappa shape index (κ2) is 25.6. The van der Waals surface area contributed by atoms with Gasteiger partial charge in [0, 0.05) is 10.8 Å². The van der Waals surface area contributed by atoms with E-state index in [9.17, 15) is 0 Å². The molecule has 0 nitrogen and oxygen atoms in total. The Morgan fingerprint density at radius 3 is 0.764 bits per heavy atom. The zero-order valence-electron chi connectivity index (χ0n) is 62.0. The van der Waals surface area contributed by atoms with Crippen molar-refractivity contribution in [2.24, 2.45) is 0 Å². The van der Waals surface area contributed by atoms with Crippen LogP contribution in [0.5, 0.6) is 0 Å². The highest BCUT2D eigenvalue weighted by atomic mass is 14.4. The number of benzene rings is 20. The maximum absolute atomic E-state index is 2.43. The van der Waals surface area contributed by atoms with Gasteiger partial charge in [-0.1, -0.05) is 361 Å². The predicted molar refractivity (Wildman–Crippen MR) is 472 cm³/mol. The van der Waals surface area contributed by atoms with E-state index in [-0.39, 0.29) is 10.8 Å². The van der Waals surface area contributed by atoms with Crippen molar-refractivity contribution in [3.8, 4) is 111 Å². The van der Waals surface area contributed by atoms with Crippen LogP contribution in [-0.2, 0) is 10.8 Å². The molecule has 22 rings (SSSR count). The molecule has 0 radical (unpaired) electrons. The van der Waals surface area contributed by atoms with Gasteiger partial charge < -0.3 is 0 Å². The molecule has 0 aromatic heterocycles. The fraction of sp³-hybridized carbons (Fsp3) is 0.0545. The summed E-state index contributed by atoms with van der Waals surface area (Å²) in [6.45, 7) is 9.59. The maximum Gasteiger partial charge on any atom is 0.0165 e. The van der Waals surface area contributed by atoms with Crippen molar-refractivity contribution in [3.05, 3.63) is 411 Å². The third-order valence-corrected chi connectivity index (χ3v) is 24.4. The summed E-state index contributed by atoms with van der Waals surface area (Å²) in [7, 11) is 0. The number of fused-ring (bicyclic) bond motifs is 14. The molecule has 20 aromatic rings. The topological polar surface area (TPSA) is 0 Å². The standard InChI is InChI=1S/2C55H38/c1-55(2)51-34-39-17-6-5-16-38(39)33-50(51)49-27-13-26-44(54(49)55)41-19-12-21-43(32-41)53-47-24-9-7-22-45(47)52(46-23-8-10-25-48(46)53)42-20-11-18-37(31-42)40-29-28-35-14-3-4-15-36(35)30-40;1-55(2)51-34-40-16-6-5-15-39(40)33-50(51)49-24-12-23-44(54(49)55)42-17-11-18-43(32-42)53-47-21-9-7-19-45(47)52(46-20-8-10-22-48(46)53)37-28-25-36(26-29-37)41-30-27-35-13-3-4-14-38(35)31-41/h2*3-34H,1-2H3. The highest BCUT2D eigenvalue weighted by molar-refractivity contribution is 6.23. The van der Waals surface area contributed by atoms with Crippen LogP contribution in [0, 0.1) is 0 Å². The van der Waals surface area contributed by atoms with Gasteiger partial charge in [0.1, 0.15) is 0 Å². The Labute approximate surface area is 642 Å². The van der Waals surface area contributed by atoms with Gasteiger partial charge in [-0.2, -0.15) is 0 Å². The Kier molecular flexibility index (Phi) is 15.1. The van der Waals surface area contributed by atoms with E-state index in [2.05, 4.69) is 416 Å². The van der Waals surface area contributed by atoms with E-state index in [1.807, 2.05) is 0 Å². The van der Waals surface area contributed by atoms with Crippen molar-refractivity contribution in [2.45, 2.75) is 38.5 Å². The van der Waals surface area contributed by atoms with E-state index in [0.717, 1.165) is 0 Å². The SMILES string of the molecule is CC1(C)c2cc3ccccc3cc2-c2cccc(-c3cccc(-c4c5ccccc5c(-c5ccc(-c6ccc7ccccc7c6)cc5)c5ccccc45)c3)c21.CC1(C)c2cc3ccccc3cc2-c2cccc(-c3cccc(-c4c5ccccc5c(-c5cccc(-c6ccc7ccccc7c6)c5)c5ccccc45)c3)c21. The van der Waals surface area contributed by atoms with Gasteiger partial charge in [0.2, 0.25) is 0 Å². The van der Waals surface area contributed by atoms with Crippen molar-refractivity contribution in [2.75, 3.05) is 0 Å². The van der Waals surface area contributed by atoms with Gasteiger partial charge in [-0.3, -0.25) is 0 Å². The second-order valence-corrected chi connectivity index (χ2v) is 31.3. The van der Waals surface area contributed by atoms with E-state index in [0.29, 0.717) is 0 Å². The van der Waals surface area contributed by atoms with Gasteiger partial charge in [0.15, 0.2) is 0 Å². The van der Waals surface area contributed by atoms with Crippen LogP contribution in [0.4, 0.5) is 0 Å². The van der Waals surface area contributed by atoms with Crippen molar-refractivity contribution in [1.29, 1.82) is 0 Å². The smallest absolute Gasteiger partial charge is 0.0165 e. The molecule has 0 spiro atoms. The first kappa shape index (κ1) is 64.8. The fourth-order valence-corrected chi connectivity index (χ4v) is 19.2. The molecule has 2 aliphatic rings. The summed E-state index contributed by atoms with van der Waals surface area (Å²) in [6, 6.07) is 144. The van der Waals surface area contributed by atoms with Gasteiger partial charge in [-0.05, 0) is 274 Å². The zero-order chi connectivity index (χ0) is 73.3. The van der Waals surface area contributed by atoms with E-state index >= 15 is 0 Å². The van der Waals surface area contributed by atoms with Crippen LogP contribution in [0.15, 0.2) is 388 Å². The summed E-state index contributed by atoms with van der Waals surface area (Å²) in [5.74, 6) is 0. The molecule has 516 valence electrons. The molecule has 20 aromatic carbocycles. The van der Waals surface area contributed by atoms with E-state index < -0.39 is 0 Å². The van der Waals surface area contributed by atoms with Gasteiger partial charge in [0.25, 0.3) is 0 Å². The molecule has 2 aliphatic carbocycles. The van der Waals surface area contributed by atoms with Gasteiger partial charge in [0.05, 0.1) is 0 Å². The molecule has 110 heavy (non-hydrogen) atoms. The highest BCUT2D eigenvalue weighted by Crippen LogP contribution is 2.56. The molecule has 0 amide bonds. The van der Waals surface area contributed by atoms with Crippen molar-refractivity contribution >= 4 is 86.2 Å². The lowest BCUT2D eigenvalue weighted by Gasteiger charge is -2.25. The normalized spacial score (nSPS) is 13.1. The molecule has 0 saturated heterocycles. The minimum Gasteiger partial charge on any atom is -0.0616 e.